The number of carboxylic acid groups (broad SMARTS) is 1. The molecule has 0 bridgehead atoms. The van der Waals surface area contributed by atoms with Gasteiger partial charge in [0, 0.05) is 38.6 Å². The van der Waals surface area contributed by atoms with Crippen molar-refractivity contribution >= 4 is 12.0 Å². The summed E-state index contributed by atoms with van der Waals surface area (Å²) in [5, 5.41) is 11.7. The van der Waals surface area contributed by atoms with Crippen molar-refractivity contribution in [3.8, 4) is 0 Å². The second-order valence-corrected chi connectivity index (χ2v) is 5.67. The molecule has 0 radical (unpaired) electrons. The first-order valence-electron chi connectivity index (χ1n) is 7.38. The Morgan fingerprint density at radius 2 is 2.20 bits per heavy atom. The van der Waals surface area contributed by atoms with Crippen LogP contribution in [0, 0.1) is 5.92 Å². The monoisotopic (exact) mass is 285 g/mol. The van der Waals surface area contributed by atoms with E-state index < -0.39 is 5.97 Å². The van der Waals surface area contributed by atoms with Gasteiger partial charge in [-0.1, -0.05) is 6.92 Å². The average Bonchev–Trinajstić information content (AvgIpc) is 2.85. The van der Waals surface area contributed by atoms with E-state index in [0.717, 1.165) is 19.4 Å². The first-order chi connectivity index (χ1) is 9.43. The molecule has 0 spiro atoms. The fourth-order valence-corrected chi connectivity index (χ4v) is 2.41. The summed E-state index contributed by atoms with van der Waals surface area (Å²) in [6.07, 6.45) is 2.03. The molecule has 1 heterocycles. The van der Waals surface area contributed by atoms with E-state index in [2.05, 4.69) is 31.1 Å². The molecule has 1 aliphatic rings. The van der Waals surface area contributed by atoms with Crippen LogP contribution in [-0.4, -0.2) is 66.2 Å². The van der Waals surface area contributed by atoms with Gasteiger partial charge in [0.25, 0.3) is 0 Å². The number of carbonyl (C=O) groups is 2. The molecule has 0 saturated carbocycles. The number of urea groups is 1. The van der Waals surface area contributed by atoms with Crippen molar-refractivity contribution < 1.29 is 14.7 Å². The summed E-state index contributed by atoms with van der Waals surface area (Å²) in [6, 6.07) is 0.439. The van der Waals surface area contributed by atoms with Crippen LogP contribution in [0.3, 0.4) is 0 Å². The molecule has 1 rings (SSSR count). The minimum Gasteiger partial charge on any atom is -0.481 e. The van der Waals surface area contributed by atoms with E-state index >= 15 is 0 Å². The van der Waals surface area contributed by atoms with Crippen LogP contribution in [0.1, 0.15) is 33.1 Å². The highest BCUT2D eigenvalue weighted by Crippen LogP contribution is 2.19. The lowest BCUT2D eigenvalue weighted by atomic mass is 10.1. The summed E-state index contributed by atoms with van der Waals surface area (Å²) >= 11 is 0. The second-order valence-electron chi connectivity index (χ2n) is 5.67. The van der Waals surface area contributed by atoms with Gasteiger partial charge < -0.3 is 20.2 Å². The molecule has 116 valence electrons. The topological polar surface area (TPSA) is 72.9 Å². The molecule has 2 atom stereocenters. The molecule has 1 fully saturated rings. The van der Waals surface area contributed by atoms with Crippen molar-refractivity contribution in [3.63, 3.8) is 0 Å². The molecule has 2 amide bonds. The summed E-state index contributed by atoms with van der Waals surface area (Å²) in [4.78, 5) is 26.5. The number of amides is 2. The first kappa shape index (κ1) is 16.8. The van der Waals surface area contributed by atoms with Crippen LogP contribution in [0.15, 0.2) is 0 Å². The van der Waals surface area contributed by atoms with Gasteiger partial charge in [0.05, 0.1) is 0 Å². The zero-order valence-electron chi connectivity index (χ0n) is 12.8. The molecular formula is C14H27N3O3. The minimum absolute atomic E-state index is 0.0737. The maximum atomic E-state index is 11.9. The molecule has 0 aromatic rings. The van der Waals surface area contributed by atoms with Gasteiger partial charge in [-0.05, 0) is 32.7 Å². The Morgan fingerprint density at radius 3 is 2.80 bits per heavy atom. The quantitative estimate of drug-likeness (QED) is 0.738. The highest BCUT2D eigenvalue weighted by Gasteiger charge is 2.27. The minimum atomic E-state index is -0.785. The molecule has 0 aliphatic carbocycles. The molecule has 0 aromatic carbocycles. The first-order valence-corrected chi connectivity index (χ1v) is 7.38. The number of likely N-dealkylation sites (tertiary alicyclic amines) is 1. The molecular weight excluding hydrogens is 258 g/mol. The van der Waals surface area contributed by atoms with Crippen molar-refractivity contribution in [3.05, 3.63) is 0 Å². The maximum Gasteiger partial charge on any atom is 0.317 e. The Labute approximate surface area is 121 Å². The normalized spacial score (nSPS) is 20.2. The number of carboxylic acids is 1. The van der Waals surface area contributed by atoms with Gasteiger partial charge in [0.15, 0.2) is 0 Å². The lowest BCUT2D eigenvalue weighted by Gasteiger charge is -2.24. The number of nitrogens with zero attached hydrogens (tertiary/aromatic N) is 2. The van der Waals surface area contributed by atoms with Crippen LogP contribution in [0.4, 0.5) is 4.79 Å². The maximum absolute atomic E-state index is 11.9. The molecule has 1 aliphatic heterocycles. The van der Waals surface area contributed by atoms with E-state index in [1.165, 1.54) is 0 Å². The zero-order valence-corrected chi connectivity index (χ0v) is 12.8. The van der Waals surface area contributed by atoms with Gasteiger partial charge in [-0.15, -0.1) is 0 Å². The number of likely N-dealkylation sites (N-methyl/N-ethyl adjacent to an activating group) is 1. The summed E-state index contributed by atoms with van der Waals surface area (Å²) in [5.41, 5.74) is 0. The third-order valence-corrected chi connectivity index (χ3v) is 4.12. The number of aliphatic carboxylic acids is 1. The van der Waals surface area contributed by atoms with E-state index in [0.29, 0.717) is 25.7 Å². The third-order valence-electron chi connectivity index (χ3n) is 4.12. The van der Waals surface area contributed by atoms with Gasteiger partial charge in [-0.25, -0.2) is 4.79 Å². The molecule has 6 heteroatoms. The third kappa shape index (κ3) is 5.36. The lowest BCUT2D eigenvalue weighted by Crippen LogP contribution is -2.42. The SMILES string of the molecule is CCC(C)N(C)CCNC(=O)N1CCC(CC(=O)O)C1. The Kier molecular flexibility index (Phi) is 6.78. The predicted molar refractivity (Wildman–Crippen MR) is 77.7 cm³/mol. The molecule has 6 nitrogen and oxygen atoms in total. The average molecular weight is 285 g/mol. The van der Waals surface area contributed by atoms with E-state index in [-0.39, 0.29) is 18.4 Å². The van der Waals surface area contributed by atoms with Crippen molar-refractivity contribution in [2.24, 2.45) is 5.92 Å². The molecule has 20 heavy (non-hydrogen) atoms. The van der Waals surface area contributed by atoms with Crippen LogP contribution >= 0.6 is 0 Å². The highest BCUT2D eigenvalue weighted by atomic mass is 16.4. The highest BCUT2D eigenvalue weighted by molar-refractivity contribution is 5.74. The van der Waals surface area contributed by atoms with Crippen molar-refractivity contribution in [1.29, 1.82) is 0 Å². The Hall–Kier alpha value is -1.30. The Morgan fingerprint density at radius 1 is 1.50 bits per heavy atom. The number of hydrogen-bond acceptors (Lipinski definition) is 3. The fraction of sp³-hybridized carbons (Fsp3) is 0.857. The zero-order chi connectivity index (χ0) is 15.1. The Balaban J connectivity index is 2.22. The largest absolute Gasteiger partial charge is 0.481 e. The van der Waals surface area contributed by atoms with Crippen LogP contribution in [0.2, 0.25) is 0 Å². The smallest absolute Gasteiger partial charge is 0.317 e. The van der Waals surface area contributed by atoms with Crippen molar-refractivity contribution in [2.75, 3.05) is 33.2 Å². The molecule has 2 unspecified atom stereocenters. The van der Waals surface area contributed by atoms with Gasteiger partial charge in [-0.2, -0.15) is 0 Å². The van der Waals surface area contributed by atoms with Gasteiger partial charge in [-0.3, -0.25) is 4.79 Å². The summed E-state index contributed by atoms with van der Waals surface area (Å²) in [6.45, 7) is 6.97. The fourth-order valence-electron chi connectivity index (χ4n) is 2.41. The van der Waals surface area contributed by atoms with Crippen LogP contribution in [-0.2, 0) is 4.79 Å². The molecule has 2 N–H and O–H groups in total. The number of nitrogens with one attached hydrogen (secondary N) is 1. The Bertz CT molecular complexity index is 336. The van der Waals surface area contributed by atoms with Crippen LogP contribution in [0.25, 0.3) is 0 Å². The summed E-state index contributed by atoms with van der Waals surface area (Å²) in [7, 11) is 2.05. The second kappa shape index (κ2) is 8.09. The standard InChI is InChI=1S/C14H27N3O3/c1-4-11(2)16(3)8-6-15-14(20)17-7-5-12(10-17)9-13(18)19/h11-12H,4-10H2,1-3H3,(H,15,20)(H,18,19). The lowest BCUT2D eigenvalue weighted by molar-refractivity contribution is -0.138. The molecule has 0 aromatic heterocycles. The van der Waals surface area contributed by atoms with Crippen molar-refractivity contribution in [1.82, 2.24) is 15.1 Å². The van der Waals surface area contributed by atoms with Gasteiger partial charge in [0.1, 0.15) is 0 Å². The van der Waals surface area contributed by atoms with Crippen LogP contribution in [0.5, 0.6) is 0 Å². The van der Waals surface area contributed by atoms with E-state index in [4.69, 9.17) is 5.11 Å². The number of rotatable bonds is 7. The van der Waals surface area contributed by atoms with Gasteiger partial charge >= 0.3 is 12.0 Å². The summed E-state index contributed by atoms with van der Waals surface area (Å²) < 4.78 is 0. The summed E-state index contributed by atoms with van der Waals surface area (Å²) in [5.74, 6) is -0.687. The van der Waals surface area contributed by atoms with E-state index in [1.807, 2.05) is 0 Å². The number of hydrogen-bond donors (Lipinski definition) is 2. The van der Waals surface area contributed by atoms with Crippen molar-refractivity contribution in [2.45, 2.75) is 39.2 Å². The predicted octanol–water partition coefficient (Wildman–Crippen LogP) is 1.22. The van der Waals surface area contributed by atoms with E-state index in [9.17, 15) is 9.59 Å². The van der Waals surface area contributed by atoms with E-state index in [1.54, 1.807) is 4.90 Å². The number of carbonyl (C=O) groups excluding carboxylic acids is 1. The van der Waals surface area contributed by atoms with Gasteiger partial charge in [0.2, 0.25) is 0 Å². The van der Waals surface area contributed by atoms with Crippen LogP contribution < -0.4 is 5.32 Å². The molecule has 1 saturated heterocycles.